The van der Waals surface area contributed by atoms with Crippen LogP contribution in [0.25, 0.3) is 0 Å². The molecule has 0 aromatic heterocycles. The van der Waals surface area contributed by atoms with Crippen LogP contribution < -0.4 is 22.5 Å². The van der Waals surface area contributed by atoms with Gasteiger partial charge in [0.25, 0.3) is 0 Å². The summed E-state index contributed by atoms with van der Waals surface area (Å²) in [6.07, 6.45) is 4.48. The average molecular weight is 361 g/mol. The van der Waals surface area contributed by atoms with Gasteiger partial charge in [0.15, 0.2) is 0 Å². The van der Waals surface area contributed by atoms with Gasteiger partial charge < -0.3 is 32.2 Å². The molecule has 0 heterocycles. The van der Waals surface area contributed by atoms with Crippen LogP contribution in [0.5, 0.6) is 0 Å². The van der Waals surface area contributed by atoms with E-state index in [2.05, 4.69) is 10.2 Å². The molecule has 0 aliphatic heterocycles. The summed E-state index contributed by atoms with van der Waals surface area (Å²) in [4.78, 5) is 16.5. The maximum Gasteiger partial charge on any atom is 0.324 e. The van der Waals surface area contributed by atoms with Crippen LogP contribution >= 0.6 is 0 Å². The van der Waals surface area contributed by atoms with E-state index in [9.17, 15) is 4.79 Å². The molecule has 0 aliphatic carbocycles. The van der Waals surface area contributed by atoms with Crippen molar-refractivity contribution in [3.63, 3.8) is 0 Å². The average Bonchev–Trinajstić information content (AvgIpc) is 2.60. The van der Waals surface area contributed by atoms with Crippen molar-refractivity contribution in [2.75, 3.05) is 66.6 Å². The van der Waals surface area contributed by atoms with Gasteiger partial charge in [-0.3, -0.25) is 9.69 Å². The number of carbonyl (C=O) groups is 1. The van der Waals surface area contributed by atoms with Crippen molar-refractivity contribution in [2.45, 2.75) is 38.1 Å². The Labute approximate surface area is 153 Å². The Hall–Kier alpha value is -0.770. The number of hydrogen-bond acceptors (Lipinski definition) is 8. The highest BCUT2D eigenvalue weighted by Gasteiger charge is 2.19. The van der Waals surface area contributed by atoms with Gasteiger partial charge in [-0.25, -0.2) is 0 Å². The number of rotatable bonds is 17. The molecular weight excluding hydrogens is 320 g/mol. The molecule has 0 aromatic carbocycles. The van der Waals surface area contributed by atoms with Crippen molar-refractivity contribution >= 4 is 5.97 Å². The molecule has 25 heavy (non-hydrogen) atoms. The van der Waals surface area contributed by atoms with Crippen LogP contribution in [-0.4, -0.2) is 88.5 Å². The van der Waals surface area contributed by atoms with Gasteiger partial charge in [0, 0.05) is 0 Å². The second kappa shape index (κ2) is 16.7. The third kappa shape index (κ3) is 14.1. The topological polar surface area (TPSA) is 123 Å². The summed E-state index contributed by atoms with van der Waals surface area (Å²) >= 11 is 0. The highest BCUT2D eigenvalue weighted by molar-refractivity contribution is 5.75. The monoisotopic (exact) mass is 360 g/mol. The van der Waals surface area contributed by atoms with E-state index in [0.29, 0.717) is 26.4 Å². The number of esters is 1. The van der Waals surface area contributed by atoms with E-state index in [4.69, 9.17) is 21.9 Å². The van der Waals surface area contributed by atoms with E-state index in [1.165, 1.54) is 0 Å². The van der Waals surface area contributed by atoms with Gasteiger partial charge in [0.2, 0.25) is 0 Å². The number of nitrogens with two attached hydrogens (primary N) is 3. The molecule has 0 saturated heterocycles. The summed E-state index contributed by atoms with van der Waals surface area (Å²) in [7, 11) is 3.74. The van der Waals surface area contributed by atoms with E-state index in [0.717, 1.165) is 58.3 Å². The second-order valence-corrected chi connectivity index (χ2v) is 6.59. The Kier molecular flexibility index (Phi) is 16.2. The quantitative estimate of drug-likeness (QED) is 0.150. The molecule has 0 bridgehead atoms. The molecule has 0 amide bonds. The lowest BCUT2D eigenvalue weighted by Gasteiger charge is -2.24. The summed E-state index contributed by atoms with van der Waals surface area (Å²) in [6.45, 7) is 5.92. The van der Waals surface area contributed by atoms with Crippen LogP contribution in [0, 0.1) is 0 Å². The third-order valence-corrected chi connectivity index (χ3v) is 3.85. The highest BCUT2D eigenvalue weighted by atomic mass is 16.5. The zero-order valence-corrected chi connectivity index (χ0v) is 16.2. The van der Waals surface area contributed by atoms with Gasteiger partial charge in [-0.05, 0) is 92.0 Å². The van der Waals surface area contributed by atoms with Crippen molar-refractivity contribution in [1.82, 2.24) is 15.1 Å². The van der Waals surface area contributed by atoms with Crippen molar-refractivity contribution in [3.8, 4) is 0 Å². The van der Waals surface area contributed by atoms with Crippen molar-refractivity contribution in [1.29, 1.82) is 0 Å². The molecule has 0 saturated carbocycles. The fourth-order valence-electron chi connectivity index (χ4n) is 2.46. The Morgan fingerprint density at radius 3 is 2.04 bits per heavy atom. The smallest absolute Gasteiger partial charge is 0.324 e. The summed E-state index contributed by atoms with van der Waals surface area (Å²) in [5, 5.41) is 3.27. The number of nitrogens with one attached hydrogen (secondary N) is 1. The Morgan fingerprint density at radius 1 is 0.960 bits per heavy atom. The number of carbonyl (C=O) groups excluding carboxylic acids is 1. The SMILES string of the molecule is CN(C)COC(=O)C(CCCN(CCCN)CCCN)NCCCN. The Bertz CT molecular complexity index is 310. The van der Waals surface area contributed by atoms with E-state index >= 15 is 0 Å². The molecule has 0 fully saturated rings. The van der Waals surface area contributed by atoms with Gasteiger partial charge >= 0.3 is 5.97 Å². The minimum absolute atomic E-state index is 0.193. The van der Waals surface area contributed by atoms with Crippen molar-refractivity contribution in [2.24, 2.45) is 17.2 Å². The molecule has 7 N–H and O–H groups in total. The van der Waals surface area contributed by atoms with Gasteiger partial charge in [-0.15, -0.1) is 0 Å². The van der Waals surface area contributed by atoms with E-state index in [-0.39, 0.29) is 12.0 Å². The van der Waals surface area contributed by atoms with Crippen LogP contribution in [0.2, 0.25) is 0 Å². The van der Waals surface area contributed by atoms with E-state index in [1.54, 1.807) is 0 Å². The van der Waals surface area contributed by atoms with Gasteiger partial charge in [-0.1, -0.05) is 0 Å². The first-order valence-electron chi connectivity index (χ1n) is 9.42. The van der Waals surface area contributed by atoms with E-state index < -0.39 is 0 Å². The molecule has 8 nitrogen and oxygen atoms in total. The molecule has 150 valence electrons. The molecular formula is C17H40N6O2. The van der Waals surface area contributed by atoms with Crippen LogP contribution in [0.1, 0.15) is 32.1 Å². The first kappa shape index (κ1) is 24.2. The Morgan fingerprint density at radius 2 is 1.52 bits per heavy atom. The molecule has 1 atom stereocenters. The molecule has 0 aromatic rings. The fourth-order valence-corrected chi connectivity index (χ4v) is 2.46. The number of hydrogen-bond donors (Lipinski definition) is 4. The van der Waals surface area contributed by atoms with Crippen molar-refractivity contribution in [3.05, 3.63) is 0 Å². The Balaban J connectivity index is 4.36. The summed E-state index contributed by atoms with van der Waals surface area (Å²) in [5.74, 6) is -0.193. The standard InChI is InChI=1S/C17H40N6O2/c1-22(2)15-25-17(24)16(21-11-4-8-18)7-3-12-23(13-5-9-19)14-6-10-20/h16,21H,3-15,18-20H2,1-2H3. The second-order valence-electron chi connectivity index (χ2n) is 6.59. The van der Waals surface area contributed by atoms with Gasteiger partial charge in [0.1, 0.15) is 12.8 Å². The van der Waals surface area contributed by atoms with Crippen LogP contribution in [-0.2, 0) is 9.53 Å². The maximum atomic E-state index is 12.3. The molecule has 1 unspecified atom stereocenters. The molecule has 0 rings (SSSR count). The molecule has 0 aliphatic rings. The van der Waals surface area contributed by atoms with Gasteiger partial charge in [0.05, 0.1) is 0 Å². The molecule has 0 spiro atoms. The van der Waals surface area contributed by atoms with E-state index in [1.807, 2.05) is 19.0 Å². The lowest BCUT2D eigenvalue weighted by molar-refractivity contribution is -0.150. The van der Waals surface area contributed by atoms with Crippen molar-refractivity contribution < 1.29 is 9.53 Å². The third-order valence-electron chi connectivity index (χ3n) is 3.85. The minimum Gasteiger partial charge on any atom is -0.448 e. The first-order valence-corrected chi connectivity index (χ1v) is 9.42. The maximum absolute atomic E-state index is 12.3. The van der Waals surface area contributed by atoms with Gasteiger partial charge in [-0.2, -0.15) is 0 Å². The summed E-state index contributed by atoms with van der Waals surface area (Å²) in [5.41, 5.74) is 16.8. The number of nitrogens with zero attached hydrogens (tertiary/aromatic N) is 2. The lowest BCUT2D eigenvalue weighted by atomic mass is 10.1. The first-order chi connectivity index (χ1) is 12.0. The minimum atomic E-state index is -0.280. The zero-order chi connectivity index (χ0) is 18.9. The summed E-state index contributed by atoms with van der Waals surface area (Å²) in [6, 6.07) is -0.280. The van der Waals surface area contributed by atoms with Crippen LogP contribution in [0.3, 0.4) is 0 Å². The highest BCUT2D eigenvalue weighted by Crippen LogP contribution is 2.04. The lowest BCUT2D eigenvalue weighted by Crippen LogP contribution is -2.41. The predicted molar refractivity (Wildman–Crippen MR) is 103 cm³/mol. The predicted octanol–water partition coefficient (Wildman–Crippen LogP) is -0.864. The molecule has 0 radical (unpaired) electrons. The molecule has 8 heteroatoms. The van der Waals surface area contributed by atoms with Crippen LogP contribution in [0.4, 0.5) is 0 Å². The fraction of sp³-hybridized carbons (Fsp3) is 0.941. The number of ether oxygens (including phenoxy) is 1. The largest absolute Gasteiger partial charge is 0.448 e. The zero-order valence-electron chi connectivity index (χ0n) is 16.2. The van der Waals surface area contributed by atoms with Crippen LogP contribution in [0.15, 0.2) is 0 Å². The summed E-state index contributed by atoms with van der Waals surface area (Å²) < 4.78 is 5.33. The normalized spacial score (nSPS) is 12.8.